The molecule has 0 aliphatic carbocycles. The van der Waals surface area contributed by atoms with Crippen molar-refractivity contribution >= 4 is 11.6 Å². The standard InChI is InChI=1S/C19H23NO3/c1-4-5-11-23-17-10-9-15(13-18(17)22-3)19(21)20-16-8-6-7-14(2)12-16/h6-10,12-13H,4-5,11H2,1-3H3,(H,20,21). The summed E-state index contributed by atoms with van der Waals surface area (Å²) in [6.07, 6.45) is 2.05. The number of hydrogen-bond acceptors (Lipinski definition) is 3. The van der Waals surface area contributed by atoms with Crippen molar-refractivity contribution in [2.75, 3.05) is 19.0 Å². The first kappa shape index (κ1) is 16.9. The van der Waals surface area contributed by atoms with Crippen LogP contribution in [0.2, 0.25) is 0 Å². The van der Waals surface area contributed by atoms with E-state index in [9.17, 15) is 4.79 Å². The zero-order valence-corrected chi connectivity index (χ0v) is 13.9. The SMILES string of the molecule is CCCCOc1ccc(C(=O)Nc2cccc(C)c2)cc1OC. The number of amides is 1. The molecule has 0 spiro atoms. The lowest BCUT2D eigenvalue weighted by Gasteiger charge is -2.12. The van der Waals surface area contributed by atoms with Crippen LogP contribution in [0.25, 0.3) is 0 Å². The Morgan fingerprint density at radius 3 is 2.65 bits per heavy atom. The van der Waals surface area contributed by atoms with Crippen molar-refractivity contribution in [2.24, 2.45) is 0 Å². The van der Waals surface area contributed by atoms with Crippen LogP contribution in [-0.4, -0.2) is 19.6 Å². The topological polar surface area (TPSA) is 47.6 Å². The highest BCUT2D eigenvalue weighted by Crippen LogP contribution is 2.28. The van der Waals surface area contributed by atoms with Gasteiger partial charge in [0.05, 0.1) is 13.7 Å². The molecule has 1 N–H and O–H groups in total. The lowest BCUT2D eigenvalue weighted by Crippen LogP contribution is -2.12. The maximum Gasteiger partial charge on any atom is 0.255 e. The van der Waals surface area contributed by atoms with Crippen molar-refractivity contribution in [1.82, 2.24) is 0 Å². The highest BCUT2D eigenvalue weighted by molar-refractivity contribution is 6.04. The smallest absolute Gasteiger partial charge is 0.255 e. The van der Waals surface area contributed by atoms with E-state index >= 15 is 0 Å². The van der Waals surface area contributed by atoms with Gasteiger partial charge in [-0.3, -0.25) is 4.79 Å². The lowest BCUT2D eigenvalue weighted by molar-refractivity contribution is 0.102. The number of methoxy groups -OCH3 is 1. The van der Waals surface area contributed by atoms with Gasteiger partial charge in [0.1, 0.15) is 0 Å². The average molecular weight is 313 g/mol. The average Bonchev–Trinajstić information content (AvgIpc) is 2.55. The number of carbonyl (C=O) groups is 1. The molecule has 0 aliphatic heterocycles. The third kappa shape index (κ3) is 4.74. The Morgan fingerprint density at radius 2 is 1.96 bits per heavy atom. The first-order valence-corrected chi connectivity index (χ1v) is 7.83. The van der Waals surface area contributed by atoms with E-state index in [1.54, 1.807) is 25.3 Å². The molecule has 4 heteroatoms. The van der Waals surface area contributed by atoms with Crippen LogP contribution in [0.1, 0.15) is 35.7 Å². The second-order valence-electron chi connectivity index (χ2n) is 5.39. The fourth-order valence-electron chi connectivity index (χ4n) is 2.18. The third-order valence-electron chi connectivity index (χ3n) is 3.46. The van der Waals surface area contributed by atoms with Crippen molar-refractivity contribution in [1.29, 1.82) is 0 Å². The third-order valence-corrected chi connectivity index (χ3v) is 3.46. The van der Waals surface area contributed by atoms with Crippen LogP contribution >= 0.6 is 0 Å². The molecule has 0 heterocycles. The number of carbonyl (C=O) groups excluding carboxylic acids is 1. The van der Waals surface area contributed by atoms with E-state index in [1.165, 1.54) is 0 Å². The second kappa shape index (κ2) is 8.22. The van der Waals surface area contributed by atoms with Crippen LogP contribution < -0.4 is 14.8 Å². The van der Waals surface area contributed by atoms with Crippen molar-refractivity contribution in [3.05, 3.63) is 53.6 Å². The lowest BCUT2D eigenvalue weighted by atomic mass is 10.1. The maximum atomic E-state index is 12.4. The summed E-state index contributed by atoms with van der Waals surface area (Å²) in [5.41, 5.74) is 2.41. The molecule has 23 heavy (non-hydrogen) atoms. The van der Waals surface area contributed by atoms with Gasteiger partial charge in [0.15, 0.2) is 11.5 Å². The molecule has 0 bridgehead atoms. The van der Waals surface area contributed by atoms with E-state index in [4.69, 9.17) is 9.47 Å². The first-order valence-electron chi connectivity index (χ1n) is 7.83. The van der Waals surface area contributed by atoms with Crippen LogP contribution in [0.5, 0.6) is 11.5 Å². The molecule has 0 unspecified atom stereocenters. The molecule has 0 saturated heterocycles. The number of ether oxygens (including phenoxy) is 2. The molecule has 2 aromatic carbocycles. The van der Waals surface area contributed by atoms with Gasteiger partial charge in [-0.1, -0.05) is 25.5 Å². The van der Waals surface area contributed by atoms with E-state index in [0.717, 1.165) is 24.1 Å². The van der Waals surface area contributed by atoms with Gasteiger partial charge in [0.2, 0.25) is 0 Å². The van der Waals surface area contributed by atoms with E-state index in [2.05, 4.69) is 12.2 Å². The molecular weight excluding hydrogens is 290 g/mol. The Balaban J connectivity index is 2.11. The van der Waals surface area contributed by atoms with Crippen molar-refractivity contribution in [3.63, 3.8) is 0 Å². The van der Waals surface area contributed by atoms with E-state index in [0.29, 0.717) is 23.7 Å². The first-order chi connectivity index (χ1) is 11.1. The highest BCUT2D eigenvalue weighted by atomic mass is 16.5. The minimum atomic E-state index is -0.172. The molecule has 0 aliphatic rings. The van der Waals surface area contributed by atoms with Crippen molar-refractivity contribution < 1.29 is 14.3 Å². The molecular formula is C19H23NO3. The Morgan fingerprint density at radius 1 is 1.13 bits per heavy atom. The van der Waals surface area contributed by atoms with Crippen LogP contribution in [-0.2, 0) is 0 Å². The van der Waals surface area contributed by atoms with Gasteiger partial charge in [0, 0.05) is 11.3 Å². The summed E-state index contributed by atoms with van der Waals surface area (Å²) in [6, 6.07) is 12.9. The van der Waals surface area contributed by atoms with Crippen LogP contribution in [0.4, 0.5) is 5.69 Å². The predicted octanol–water partition coefficient (Wildman–Crippen LogP) is 4.43. The van der Waals surface area contributed by atoms with Crippen LogP contribution in [0.15, 0.2) is 42.5 Å². The van der Waals surface area contributed by atoms with Gasteiger partial charge in [-0.05, 0) is 49.2 Å². The highest BCUT2D eigenvalue weighted by Gasteiger charge is 2.11. The van der Waals surface area contributed by atoms with E-state index < -0.39 is 0 Å². The largest absolute Gasteiger partial charge is 0.493 e. The molecule has 0 radical (unpaired) electrons. The number of unbranched alkanes of at least 4 members (excludes halogenated alkanes) is 1. The van der Waals surface area contributed by atoms with Crippen LogP contribution in [0.3, 0.4) is 0 Å². The van der Waals surface area contributed by atoms with E-state index in [-0.39, 0.29) is 5.91 Å². The second-order valence-corrected chi connectivity index (χ2v) is 5.39. The Bertz CT molecular complexity index is 667. The Hall–Kier alpha value is -2.49. The monoisotopic (exact) mass is 313 g/mol. The minimum absolute atomic E-state index is 0.172. The number of rotatable bonds is 7. The summed E-state index contributed by atoms with van der Waals surface area (Å²) in [5, 5.41) is 2.89. The quantitative estimate of drug-likeness (QED) is 0.769. The number of aryl methyl sites for hydroxylation is 1. The van der Waals surface area contributed by atoms with Gasteiger partial charge in [-0.25, -0.2) is 0 Å². The minimum Gasteiger partial charge on any atom is -0.493 e. The normalized spacial score (nSPS) is 10.2. The maximum absolute atomic E-state index is 12.4. The van der Waals surface area contributed by atoms with Gasteiger partial charge in [-0.2, -0.15) is 0 Å². The van der Waals surface area contributed by atoms with Crippen molar-refractivity contribution in [3.8, 4) is 11.5 Å². The molecule has 1 amide bonds. The molecule has 0 atom stereocenters. The molecule has 2 aromatic rings. The fraction of sp³-hybridized carbons (Fsp3) is 0.316. The van der Waals surface area contributed by atoms with Crippen LogP contribution in [0, 0.1) is 6.92 Å². The molecule has 122 valence electrons. The number of anilines is 1. The van der Waals surface area contributed by atoms with Gasteiger partial charge in [0.25, 0.3) is 5.91 Å². The van der Waals surface area contributed by atoms with Gasteiger partial charge >= 0.3 is 0 Å². The zero-order valence-electron chi connectivity index (χ0n) is 13.9. The summed E-state index contributed by atoms with van der Waals surface area (Å²) in [5.74, 6) is 1.06. The summed E-state index contributed by atoms with van der Waals surface area (Å²) >= 11 is 0. The molecule has 0 aromatic heterocycles. The molecule has 2 rings (SSSR count). The number of nitrogens with one attached hydrogen (secondary N) is 1. The fourth-order valence-corrected chi connectivity index (χ4v) is 2.18. The summed E-state index contributed by atoms with van der Waals surface area (Å²) in [6.45, 7) is 4.74. The molecule has 0 saturated carbocycles. The van der Waals surface area contributed by atoms with Gasteiger partial charge in [-0.15, -0.1) is 0 Å². The zero-order chi connectivity index (χ0) is 16.7. The molecule has 0 fully saturated rings. The summed E-state index contributed by atoms with van der Waals surface area (Å²) in [7, 11) is 1.57. The van der Waals surface area contributed by atoms with Crippen molar-refractivity contribution in [2.45, 2.75) is 26.7 Å². The number of benzene rings is 2. The molecule has 4 nitrogen and oxygen atoms in total. The summed E-state index contributed by atoms with van der Waals surface area (Å²) in [4.78, 5) is 12.4. The Labute approximate surface area is 137 Å². The Kier molecular flexibility index (Phi) is 6.03. The van der Waals surface area contributed by atoms with Gasteiger partial charge < -0.3 is 14.8 Å². The predicted molar refractivity (Wildman–Crippen MR) is 92.5 cm³/mol. The summed E-state index contributed by atoms with van der Waals surface area (Å²) < 4.78 is 11.0. The van der Waals surface area contributed by atoms with E-state index in [1.807, 2.05) is 31.2 Å². The number of hydrogen-bond donors (Lipinski definition) is 1.